The van der Waals surface area contributed by atoms with Crippen molar-refractivity contribution in [2.45, 2.75) is 20.5 Å². The molecule has 0 atom stereocenters. The van der Waals surface area contributed by atoms with E-state index in [1.807, 2.05) is 48.7 Å². The van der Waals surface area contributed by atoms with E-state index in [2.05, 4.69) is 5.32 Å². The molecule has 1 saturated heterocycles. The number of ether oxygens (including phenoxy) is 1. The molecule has 5 rings (SSSR count). The molecule has 0 unspecified atom stereocenters. The van der Waals surface area contributed by atoms with Crippen LogP contribution in [-0.4, -0.2) is 33.1 Å². The van der Waals surface area contributed by atoms with Crippen LogP contribution in [0.15, 0.2) is 83.8 Å². The molecule has 41 heavy (non-hydrogen) atoms. The van der Waals surface area contributed by atoms with E-state index in [0.29, 0.717) is 22.0 Å². The van der Waals surface area contributed by atoms with Crippen molar-refractivity contribution in [2.75, 3.05) is 11.9 Å². The van der Waals surface area contributed by atoms with E-state index < -0.39 is 23.6 Å². The Bertz CT molecular complexity index is 1680. The number of aryl methyl sites for hydroxylation is 1. The van der Waals surface area contributed by atoms with Crippen LogP contribution in [0.3, 0.4) is 0 Å². The van der Waals surface area contributed by atoms with E-state index in [-0.39, 0.29) is 17.3 Å². The molecule has 3 aromatic carbocycles. The van der Waals surface area contributed by atoms with Crippen molar-refractivity contribution in [1.29, 1.82) is 0 Å². The lowest BCUT2D eigenvalue weighted by molar-refractivity contribution is -0.127. The van der Waals surface area contributed by atoms with E-state index >= 15 is 0 Å². The highest BCUT2D eigenvalue weighted by molar-refractivity contribution is 8.18. The minimum atomic E-state index is -0.532. The standard InChI is InChI=1S/C31H25ClFN3O4S/c1-19-15-22(16-28-30(38)35(31(39)41-28)17-29(37)34-27-10-6-4-8-25(27)32)20(2)36(19)23-11-13-24(14-12-23)40-18-21-7-3-5-9-26(21)33/h3-16H,17-18H2,1-2H3,(H,34,37)/b28-16+. The van der Waals surface area contributed by atoms with Crippen molar-refractivity contribution < 1.29 is 23.5 Å². The predicted octanol–water partition coefficient (Wildman–Crippen LogP) is 7.14. The molecule has 0 bridgehead atoms. The van der Waals surface area contributed by atoms with E-state index in [1.165, 1.54) is 6.07 Å². The predicted molar refractivity (Wildman–Crippen MR) is 159 cm³/mol. The number of para-hydroxylation sites is 1. The molecular formula is C31H25ClFN3O4S. The summed E-state index contributed by atoms with van der Waals surface area (Å²) in [6.07, 6.45) is 1.67. The Hall–Kier alpha value is -4.34. The average Bonchev–Trinajstić information content (AvgIpc) is 3.38. The summed E-state index contributed by atoms with van der Waals surface area (Å²) < 4.78 is 21.6. The fourth-order valence-corrected chi connectivity index (χ4v) is 5.48. The van der Waals surface area contributed by atoms with Gasteiger partial charge in [0.15, 0.2) is 0 Å². The summed E-state index contributed by atoms with van der Waals surface area (Å²) in [5.74, 6) is -0.767. The second-order valence-corrected chi connectivity index (χ2v) is 10.7. The summed E-state index contributed by atoms with van der Waals surface area (Å²) in [4.78, 5) is 39.3. The summed E-state index contributed by atoms with van der Waals surface area (Å²) in [6, 6.07) is 22.5. The summed E-state index contributed by atoms with van der Waals surface area (Å²) in [5.41, 5.74) is 4.32. The Morgan fingerprint density at radius 2 is 1.73 bits per heavy atom. The zero-order valence-corrected chi connectivity index (χ0v) is 23.8. The van der Waals surface area contributed by atoms with Gasteiger partial charge in [0.2, 0.25) is 5.91 Å². The highest BCUT2D eigenvalue weighted by Gasteiger charge is 2.36. The molecule has 0 aliphatic carbocycles. The maximum absolute atomic E-state index is 13.9. The van der Waals surface area contributed by atoms with Gasteiger partial charge in [0.25, 0.3) is 11.1 Å². The molecule has 0 radical (unpaired) electrons. The molecule has 1 aliphatic heterocycles. The topological polar surface area (TPSA) is 80.6 Å². The van der Waals surface area contributed by atoms with Crippen LogP contribution in [0.2, 0.25) is 5.02 Å². The highest BCUT2D eigenvalue weighted by atomic mass is 35.5. The first kappa shape index (κ1) is 28.2. The lowest BCUT2D eigenvalue weighted by Crippen LogP contribution is -2.36. The first-order valence-electron chi connectivity index (χ1n) is 12.7. The number of amides is 3. The molecule has 1 aliphatic rings. The second kappa shape index (κ2) is 12.0. The number of anilines is 1. The normalized spacial score (nSPS) is 14.1. The maximum Gasteiger partial charge on any atom is 0.294 e. The molecule has 10 heteroatoms. The highest BCUT2D eigenvalue weighted by Crippen LogP contribution is 2.34. The SMILES string of the molecule is Cc1cc(/C=C2/SC(=O)N(CC(=O)Nc3ccccc3Cl)C2=O)c(C)n1-c1ccc(OCc2ccccc2F)cc1. The van der Waals surface area contributed by atoms with Gasteiger partial charge >= 0.3 is 0 Å². The first-order chi connectivity index (χ1) is 19.7. The molecule has 1 N–H and O–H groups in total. The Morgan fingerprint density at radius 3 is 2.46 bits per heavy atom. The van der Waals surface area contributed by atoms with Gasteiger partial charge in [-0.05, 0) is 85.8 Å². The van der Waals surface area contributed by atoms with Gasteiger partial charge in [0.05, 0.1) is 15.6 Å². The minimum Gasteiger partial charge on any atom is -0.489 e. The molecule has 2 heterocycles. The molecular weight excluding hydrogens is 565 g/mol. The third kappa shape index (κ3) is 6.21. The minimum absolute atomic E-state index is 0.119. The van der Waals surface area contributed by atoms with Crippen molar-refractivity contribution >= 4 is 52.2 Å². The number of imide groups is 1. The van der Waals surface area contributed by atoms with Gasteiger partial charge in [-0.2, -0.15) is 0 Å². The number of hydrogen-bond acceptors (Lipinski definition) is 5. The zero-order chi connectivity index (χ0) is 29.1. The summed E-state index contributed by atoms with van der Waals surface area (Å²) >= 11 is 6.88. The van der Waals surface area contributed by atoms with Crippen LogP contribution in [0, 0.1) is 19.7 Å². The lowest BCUT2D eigenvalue weighted by Gasteiger charge is -2.13. The number of carbonyl (C=O) groups excluding carboxylic acids is 3. The molecule has 1 aromatic heterocycles. The maximum atomic E-state index is 13.9. The molecule has 0 saturated carbocycles. The smallest absolute Gasteiger partial charge is 0.294 e. The number of aromatic nitrogens is 1. The van der Waals surface area contributed by atoms with E-state index in [0.717, 1.165) is 39.3 Å². The number of carbonyl (C=O) groups is 3. The molecule has 0 spiro atoms. The van der Waals surface area contributed by atoms with Gasteiger partial charge in [-0.1, -0.05) is 41.9 Å². The number of nitrogens with one attached hydrogen (secondary N) is 1. The largest absolute Gasteiger partial charge is 0.489 e. The summed E-state index contributed by atoms with van der Waals surface area (Å²) in [5, 5.41) is 2.47. The van der Waals surface area contributed by atoms with Crippen LogP contribution in [0.4, 0.5) is 14.9 Å². The summed E-state index contributed by atoms with van der Waals surface area (Å²) in [6.45, 7) is 3.56. The quantitative estimate of drug-likeness (QED) is 0.221. The van der Waals surface area contributed by atoms with E-state index in [1.54, 1.807) is 48.5 Å². The van der Waals surface area contributed by atoms with Gasteiger partial charge in [0, 0.05) is 22.6 Å². The van der Waals surface area contributed by atoms with Crippen molar-refractivity contribution in [1.82, 2.24) is 9.47 Å². The Morgan fingerprint density at radius 1 is 1.02 bits per heavy atom. The van der Waals surface area contributed by atoms with Crippen LogP contribution < -0.4 is 10.1 Å². The van der Waals surface area contributed by atoms with Crippen LogP contribution in [0.25, 0.3) is 11.8 Å². The number of benzene rings is 3. The van der Waals surface area contributed by atoms with Gasteiger partial charge in [-0.25, -0.2) is 4.39 Å². The van der Waals surface area contributed by atoms with Gasteiger partial charge < -0.3 is 14.6 Å². The van der Waals surface area contributed by atoms with Crippen LogP contribution in [0.1, 0.15) is 22.5 Å². The van der Waals surface area contributed by atoms with Crippen molar-refractivity contribution in [3.05, 3.63) is 117 Å². The molecule has 7 nitrogen and oxygen atoms in total. The molecule has 208 valence electrons. The third-order valence-electron chi connectivity index (χ3n) is 6.53. The monoisotopic (exact) mass is 589 g/mol. The number of hydrogen-bond donors (Lipinski definition) is 1. The fraction of sp³-hybridized carbons (Fsp3) is 0.129. The first-order valence-corrected chi connectivity index (χ1v) is 13.9. The summed E-state index contributed by atoms with van der Waals surface area (Å²) in [7, 11) is 0. The number of rotatable bonds is 8. The lowest BCUT2D eigenvalue weighted by atomic mass is 10.2. The average molecular weight is 590 g/mol. The van der Waals surface area contributed by atoms with Gasteiger partial charge in [0.1, 0.15) is 24.7 Å². The Balaban J connectivity index is 1.28. The Kier molecular flexibility index (Phi) is 8.28. The number of halogens is 2. The fourth-order valence-electron chi connectivity index (χ4n) is 4.47. The van der Waals surface area contributed by atoms with E-state index in [9.17, 15) is 18.8 Å². The molecule has 1 fully saturated rings. The Labute approximate surface area is 245 Å². The van der Waals surface area contributed by atoms with E-state index in [4.69, 9.17) is 16.3 Å². The number of thioether (sulfide) groups is 1. The molecule has 3 amide bonds. The van der Waals surface area contributed by atoms with Crippen LogP contribution in [0.5, 0.6) is 5.75 Å². The second-order valence-electron chi connectivity index (χ2n) is 9.33. The number of nitrogens with zero attached hydrogens (tertiary/aromatic N) is 2. The van der Waals surface area contributed by atoms with Crippen LogP contribution in [-0.2, 0) is 16.2 Å². The van der Waals surface area contributed by atoms with Gasteiger partial charge in [-0.15, -0.1) is 0 Å². The van der Waals surface area contributed by atoms with Crippen LogP contribution >= 0.6 is 23.4 Å². The zero-order valence-electron chi connectivity index (χ0n) is 22.2. The van der Waals surface area contributed by atoms with Crippen molar-refractivity contribution in [3.63, 3.8) is 0 Å². The molecule has 4 aromatic rings. The third-order valence-corrected chi connectivity index (χ3v) is 7.76. The van der Waals surface area contributed by atoms with Crippen molar-refractivity contribution in [2.24, 2.45) is 0 Å². The van der Waals surface area contributed by atoms with Gasteiger partial charge in [-0.3, -0.25) is 19.3 Å². The van der Waals surface area contributed by atoms with Crippen molar-refractivity contribution in [3.8, 4) is 11.4 Å².